The predicted molar refractivity (Wildman–Crippen MR) is 74.8 cm³/mol. The van der Waals surface area contributed by atoms with E-state index < -0.39 is 0 Å². The first kappa shape index (κ1) is 14.3. The summed E-state index contributed by atoms with van der Waals surface area (Å²) in [5.41, 5.74) is 7.01. The number of hydrogen-bond acceptors (Lipinski definition) is 3. The molecule has 1 atom stereocenters. The summed E-state index contributed by atoms with van der Waals surface area (Å²) in [4.78, 5) is 2.36. The fourth-order valence-electron chi connectivity index (χ4n) is 2.55. The summed E-state index contributed by atoms with van der Waals surface area (Å²) in [5.74, 6) is -0.0233. The molecular formula is C15H23FN2O. The van der Waals surface area contributed by atoms with E-state index in [0.29, 0.717) is 12.4 Å². The van der Waals surface area contributed by atoms with Gasteiger partial charge in [0.1, 0.15) is 0 Å². The maximum absolute atomic E-state index is 13.8. The Kier molecular flexibility index (Phi) is 5.16. The molecule has 1 unspecified atom stereocenters. The van der Waals surface area contributed by atoms with Gasteiger partial charge in [0, 0.05) is 12.6 Å². The molecule has 106 valence electrons. The van der Waals surface area contributed by atoms with Crippen LogP contribution in [0.25, 0.3) is 0 Å². The zero-order valence-corrected chi connectivity index (χ0v) is 11.6. The van der Waals surface area contributed by atoms with Crippen molar-refractivity contribution in [1.29, 1.82) is 0 Å². The number of nitrogens with zero attached hydrogens (tertiary/aromatic N) is 1. The van der Waals surface area contributed by atoms with Crippen LogP contribution < -0.4 is 10.5 Å². The molecule has 1 aromatic carbocycles. The second kappa shape index (κ2) is 6.87. The SMILES string of the molecule is CCOc1ccc(C(N)CN2CCCCC2)cc1F. The Morgan fingerprint density at radius 2 is 2.05 bits per heavy atom. The second-order valence-electron chi connectivity index (χ2n) is 5.09. The maximum Gasteiger partial charge on any atom is 0.165 e. The Morgan fingerprint density at radius 3 is 2.68 bits per heavy atom. The standard InChI is InChI=1S/C15H23FN2O/c1-2-19-15-7-6-12(10-13(15)16)14(17)11-18-8-4-3-5-9-18/h6-7,10,14H,2-5,8-9,11,17H2,1H3. The number of benzene rings is 1. The number of likely N-dealkylation sites (tertiary alicyclic amines) is 1. The van der Waals surface area contributed by atoms with Gasteiger partial charge in [-0.15, -0.1) is 0 Å². The van der Waals surface area contributed by atoms with Crippen LogP contribution >= 0.6 is 0 Å². The minimum Gasteiger partial charge on any atom is -0.491 e. The average molecular weight is 266 g/mol. The lowest BCUT2D eigenvalue weighted by Gasteiger charge is -2.29. The molecular weight excluding hydrogens is 243 g/mol. The minimum absolute atomic E-state index is 0.136. The van der Waals surface area contributed by atoms with Gasteiger partial charge in [-0.2, -0.15) is 0 Å². The molecule has 2 N–H and O–H groups in total. The summed E-state index contributed by atoms with van der Waals surface area (Å²) in [7, 11) is 0. The summed E-state index contributed by atoms with van der Waals surface area (Å²) in [6.07, 6.45) is 3.79. The Balaban J connectivity index is 1.98. The third-order valence-electron chi connectivity index (χ3n) is 3.59. The first-order valence-corrected chi connectivity index (χ1v) is 7.11. The lowest BCUT2D eigenvalue weighted by atomic mass is 10.0. The molecule has 0 radical (unpaired) electrons. The summed E-state index contributed by atoms with van der Waals surface area (Å²) in [6.45, 7) is 5.32. The summed E-state index contributed by atoms with van der Waals surface area (Å²) >= 11 is 0. The lowest BCUT2D eigenvalue weighted by Crippen LogP contribution is -2.36. The number of ether oxygens (including phenoxy) is 1. The van der Waals surface area contributed by atoms with E-state index in [2.05, 4.69) is 4.90 Å². The van der Waals surface area contributed by atoms with Crippen molar-refractivity contribution in [1.82, 2.24) is 4.90 Å². The van der Waals surface area contributed by atoms with E-state index >= 15 is 0 Å². The Morgan fingerprint density at radius 1 is 1.32 bits per heavy atom. The van der Waals surface area contributed by atoms with Gasteiger partial charge in [-0.3, -0.25) is 0 Å². The van der Waals surface area contributed by atoms with Crippen molar-refractivity contribution in [2.24, 2.45) is 5.73 Å². The Bertz CT molecular complexity index is 405. The van der Waals surface area contributed by atoms with Crippen molar-refractivity contribution in [2.45, 2.75) is 32.2 Å². The smallest absolute Gasteiger partial charge is 0.165 e. The van der Waals surface area contributed by atoms with Gasteiger partial charge in [-0.1, -0.05) is 12.5 Å². The van der Waals surface area contributed by atoms with Crippen molar-refractivity contribution in [3.63, 3.8) is 0 Å². The molecule has 0 bridgehead atoms. The van der Waals surface area contributed by atoms with Crippen molar-refractivity contribution in [2.75, 3.05) is 26.2 Å². The molecule has 1 heterocycles. The van der Waals surface area contributed by atoms with Crippen LogP contribution in [-0.2, 0) is 0 Å². The van der Waals surface area contributed by atoms with Gasteiger partial charge in [0.15, 0.2) is 11.6 Å². The van der Waals surface area contributed by atoms with E-state index in [1.807, 2.05) is 13.0 Å². The first-order valence-electron chi connectivity index (χ1n) is 7.11. The van der Waals surface area contributed by atoms with E-state index in [9.17, 15) is 4.39 Å². The largest absolute Gasteiger partial charge is 0.491 e. The topological polar surface area (TPSA) is 38.5 Å². The third kappa shape index (κ3) is 3.91. The molecule has 1 aromatic rings. The number of rotatable bonds is 5. The molecule has 1 fully saturated rings. The summed E-state index contributed by atoms with van der Waals surface area (Å²) in [6, 6.07) is 4.90. The van der Waals surface area contributed by atoms with Crippen LogP contribution in [0, 0.1) is 5.82 Å². The van der Waals surface area contributed by atoms with Gasteiger partial charge < -0.3 is 15.4 Å². The highest BCUT2D eigenvalue weighted by Crippen LogP contribution is 2.22. The van der Waals surface area contributed by atoms with Crippen molar-refractivity contribution in [3.05, 3.63) is 29.6 Å². The van der Waals surface area contributed by atoms with Gasteiger partial charge >= 0.3 is 0 Å². The third-order valence-corrected chi connectivity index (χ3v) is 3.59. The molecule has 0 aliphatic carbocycles. The molecule has 1 aliphatic rings. The van der Waals surface area contributed by atoms with Gasteiger partial charge in [-0.25, -0.2) is 4.39 Å². The highest BCUT2D eigenvalue weighted by atomic mass is 19.1. The molecule has 1 saturated heterocycles. The highest BCUT2D eigenvalue weighted by molar-refractivity contribution is 5.31. The Hall–Kier alpha value is -1.13. The van der Waals surface area contributed by atoms with Gasteiger partial charge in [-0.05, 0) is 50.6 Å². The number of hydrogen-bond donors (Lipinski definition) is 1. The molecule has 0 amide bonds. The van der Waals surface area contributed by atoms with Gasteiger partial charge in [0.25, 0.3) is 0 Å². The Labute approximate surface area is 114 Å². The summed E-state index contributed by atoms with van der Waals surface area (Å²) < 4.78 is 19.0. The van der Waals surface area contributed by atoms with E-state index in [0.717, 1.165) is 25.2 Å². The molecule has 2 rings (SSSR count). The average Bonchev–Trinajstić information content (AvgIpc) is 2.42. The van der Waals surface area contributed by atoms with Crippen molar-refractivity contribution in [3.8, 4) is 5.75 Å². The quantitative estimate of drug-likeness (QED) is 0.890. The van der Waals surface area contributed by atoms with Gasteiger partial charge in [0.05, 0.1) is 6.61 Å². The van der Waals surface area contributed by atoms with Crippen molar-refractivity contribution >= 4 is 0 Å². The van der Waals surface area contributed by atoms with E-state index in [1.54, 1.807) is 6.07 Å². The van der Waals surface area contributed by atoms with Crippen LogP contribution in [0.3, 0.4) is 0 Å². The van der Waals surface area contributed by atoms with Crippen LogP contribution in [-0.4, -0.2) is 31.1 Å². The fraction of sp³-hybridized carbons (Fsp3) is 0.600. The zero-order valence-electron chi connectivity index (χ0n) is 11.6. The lowest BCUT2D eigenvalue weighted by molar-refractivity contribution is 0.216. The maximum atomic E-state index is 13.8. The van der Waals surface area contributed by atoms with Crippen LogP contribution in [0.5, 0.6) is 5.75 Å². The number of nitrogens with two attached hydrogens (primary N) is 1. The first-order chi connectivity index (χ1) is 9.20. The molecule has 3 nitrogen and oxygen atoms in total. The minimum atomic E-state index is -0.326. The van der Waals surface area contributed by atoms with E-state index in [1.165, 1.54) is 25.3 Å². The van der Waals surface area contributed by atoms with E-state index in [4.69, 9.17) is 10.5 Å². The second-order valence-corrected chi connectivity index (χ2v) is 5.09. The number of halogens is 1. The highest BCUT2D eigenvalue weighted by Gasteiger charge is 2.16. The summed E-state index contributed by atoms with van der Waals surface area (Å²) in [5, 5.41) is 0. The molecule has 0 saturated carbocycles. The molecule has 4 heteroatoms. The monoisotopic (exact) mass is 266 g/mol. The van der Waals surface area contributed by atoms with Crippen LogP contribution in [0.1, 0.15) is 37.8 Å². The molecule has 19 heavy (non-hydrogen) atoms. The van der Waals surface area contributed by atoms with Crippen LogP contribution in [0.15, 0.2) is 18.2 Å². The molecule has 0 aromatic heterocycles. The van der Waals surface area contributed by atoms with Crippen molar-refractivity contribution < 1.29 is 9.13 Å². The zero-order chi connectivity index (χ0) is 13.7. The van der Waals surface area contributed by atoms with E-state index in [-0.39, 0.29) is 11.9 Å². The fourth-order valence-corrected chi connectivity index (χ4v) is 2.55. The molecule has 1 aliphatic heterocycles. The predicted octanol–water partition coefficient (Wildman–Crippen LogP) is 2.71. The normalized spacial score (nSPS) is 18.3. The van der Waals surface area contributed by atoms with Gasteiger partial charge in [0.2, 0.25) is 0 Å². The molecule has 0 spiro atoms. The van der Waals surface area contributed by atoms with Crippen LogP contribution in [0.2, 0.25) is 0 Å². The number of piperidine rings is 1. The van der Waals surface area contributed by atoms with Crippen LogP contribution in [0.4, 0.5) is 4.39 Å².